The summed E-state index contributed by atoms with van der Waals surface area (Å²) < 4.78 is 14.4. The molecule has 0 atom stereocenters. The molecule has 0 saturated carbocycles. The Morgan fingerprint density at radius 3 is 1.66 bits per heavy atom. The predicted molar refractivity (Wildman–Crippen MR) is 110 cm³/mol. The summed E-state index contributed by atoms with van der Waals surface area (Å²) in [4.78, 5) is 8.35. The van der Waals surface area contributed by atoms with Gasteiger partial charge in [0.05, 0.1) is 23.8 Å². The Labute approximate surface area is 170 Å². The van der Waals surface area contributed by atoms with Crippen molar-refractivity contribution < 1.29 is 8.83 Å². The summed E-state index contributed by atoms with van der Waals surface area (Å²) in [6, 6.07) is 8.69. The van der Waals surface area contributed by atoms with Crippen LogP contribution in [-0.4, -0.2) is 29.3 Å². The highest BCUT2D eigenvalue weighted by atomic mass is 32.1. The van der Waals surface area contributed by atoms with E-state index in [2.05, 4.69) is 33.3 Å². The standard InChI is InChI=1S/C16H10N6O2S.C4H6/c1-3-11(21(7-1)15-17-5-9-23-15)13-19-20-14(25-13)12-4-2-8-22(12)16-18-6-10-24-16;1-3-4-2/h1-10H;3-4H,1-2H2. The average molecular weight is 404 g/mol. The van der Waals surface area contributed by atoms with Crippen LogP contribution in [0, 0.1) is 0 Å². The maximum Gasteiger partial charge on any atom is 0.306 e. The van der Waals surface area contributed by atoms with Crippen molar-refractivity contribution in [1.82, 2.24) is 29.3 Å². The second kappa shape index (κ2) is 8.36. The molecule has 0 aliphatic carbocycles. The van der Waals surface area contributed by atoms with Crippen LogP contribution < -0.4 is 0 Å². The highest BCUT2D eigenvalue weighted by Crippen LogP contribution is 2.32. The highest BCUT2D eigenvalue weighted by molar-refractivity contribution is 7.17. The summed E-state index contributed by atoms with van der Waals surface area (Å²) >= 11 is 1.47. The lowest BCUT2D eigenvalue weighted by atomic mass is 10.4. The molecule has 5 rings (SSSR count). The van der Waals surface area contributed by atoms with E-state index in [0.717, 1.165) is 21.4 Å². The second-order valence-corrected chi connectivity index (χ2v) is 6.52. The SMILES string of the molecule is C=CC=C.c1cc(-c2nnc(-c3cccn3-c3ncco3)s2)n(-c2ncco2)c1. The summed E-state index contributed by atoms with van der Waals surface area (Å²) in [6.07, 6.45) is 13.3. The monoisotopic (exact) mass is 404 g/mol. The van der Waals surface area contributed by atoms with Crippen molar-refractivity contribution in [3.05, 3.63) is 86.9 Å². The van der Waals surface area contributed by atoms with E-state index < -0.39 is 0 Å². The van der Waals surface area contributed by atoms with Crippen LogP contribution in [0.5, 0.6) is 0 Å². The molecule has 0 bridgehead atoms. The molecule has 0 aliphatic rings. The highest BCUT2D eigenvalue weighted by Gasteiger charge is 2.17. The Kier molecular flexibility index (Phi) is 5.30. The molecular formula is C20H16N6O2S. The molecule has 5 aromatic heterocycles. The molecule has 0 aromatic carbocycles. The number of allylic oxidation sites excluding steroid dienone is 2. The molecule has 0 saturated heterocycles. The lowest BCUT2D eigenvalue weighted by Gasteiger charge is -2.01. The summed E-state index contributed by atoms with van der Waals surface area (Å²) in [5, 5.41) is 10.2. The second-order valence-electron chi connectivity index (χ2n) is 5.54. The Balaban J connectivity index is 0.000000472. The lowest BCUT2D eigenvalue weighted by Crippen LogP contribution is -1.94. The largest absolute Gasteiger partial charge is 0.432 e. The molecule has 144 valence electrons. The minimum atomic E-state index is 0.486. The zero-order chi connectivity index (χ0) is 20.1. The maximum absolute atomic E-state index is 5.37. The molecule has 0 unspecified atom stereocenters. The van der Waals surface area contributed by atoms with Crippen molar-refractivity contribution in [2.75, 3.05) is 0 Å². The van der Waals surface area contributed by atoms with Gasteiger partial charge < -0.3 is 8.83 Å². The number of hydrogen-bond donors (Lipinski definition) is 0. The van der Waals surface area contributed by atoms with Crippen LogP contribution in [0.4, 0.5) is 0 Å². The summed E-state index contributed by atoms with van der Waals surface area (Å²) in [5.74, 6) is 0. The predicted octanol–water partition coefficient (Wildman–Crippen LogP) is 4.79. The van der Waals surface area contributed by atoms with Crippen molar-refractivity contribution >= 4 is 11.3 Å². The molecule has 5 aromatic rings. The third-order valence-electron chi connectivity index (χ3n) is 3.78. The average Bonchev–Trinajstić information content (AvgIpc) is 3.57. The van der Waals surface area contributed by atoms with Crippen LogP contribution in [0.15, 0.2) is 95.7 Å². The minimum Gasteiger partial charge on any atom is -0.432 e. The Bertz CT molecular complexity index is 1100. The lowest BCUT2D eigenvalue weighted by molar-refractivity contribution is 0.528. The first-order valence-corrected chi connectivity index (χ1v) is 9.35. The van der Waals surface area contributed by atoms with E-state index in [1.807, 2.05) is 45.8 Å². The molecule has 0 fully saturated rings. The fraction of sp³-hybridized carbons (Fsp3) is 0. The van der Waals surface area contributed by atoms with Gasteiger partial charge in [0.2, 0.25) is 0 Å². The van der Waals surface area contributed by atoms with E-state index in [1.165, 1.54) is 23.9 Å². The molecule has 8 nitrogen and oxygen atoms in total. The fourth-order valence-corrected chi connectivity index (χ4v) is 3.43. The Hall–Kier alpha value is -3.98. The quantitative estimate of drug-likeness (QED) is 0.392. The van der Waals surface area contributed by atoms with Gasteiger partial charge in [0.15, 0.2) is 10.0 Å². The van der Waals surface area contributed by atoms with Crippen LogP contribution in [-0.2, 0) is 0 Å². The number of nitrogens with zero attached hydrogens (tertiary/aromatic N) is 6. The van der Waals surface area contributed by atoms with Gasteiger partial charge in [0, 0.05) is 12.4 Å². The van der Waals surface area contributed by atoms with Gasteiger partial charge in [0.25, 0.3) is 0 Å². The molecule has 0 radical (unpaired) electrons. The first kappa shape index (κ1) is 18.4. The third-order valence-corrected chi connectivity index (χ3v) is 4.75. The van der Waals surface area contributed by atoms with Crippen LogP contribution in [0.2, 0.25) is 0 Å². The number of hydrogen-bond acceptors (Lipinski definition) is 7. The number of oxazole rings is 2. The third kappa shape index (κ3) is 3.71. The molecule has 9 heteroatoms. The number of rotatable bonds is 5. The van der Waals surface area contributed by atoms with Crippen molar-refractivity contribution in [3.8, 4) is 33.4 Å². The Morgan fingerprint density at radius 1 is 0.793 bits per heavy atom. The van der Waals surface area contributed by atoms with Crippen molar-refractivity contribution in [2.24, 2.45) is 0 Å². The minimum absolute atomic E-state index is 0.486. The molecule has 0 spiro atoms. The number of aromatic nitrogens is 6. The maximum atomic E-state index is 5.37. The summed E-state index contributed by atoms with van der Waals surface area (Å²) in [6.45, 7) is 6.72. The van der Waals surface area contributed by atoms with Gasteiger partial charge in [-0.2, -0.15) is 0 Å². The zero-order valence-electron chi connectivity index (χ0n) is 15.3. The van der Waals surface area contributed by atoms with E-state index in [0.29, 0.717) is 12.0 Å². The van der Waals surface area contributed by atoms with Gasteiger partial charge in [0.1, 0.15) is 12.5 Å². The van der Waals surface area contributed by atoms with E-state index in [4.69, 9.17) is 8.83 Å². The molecule has 0 N–H and O–H groups in total. The summed E-state index contributed by atoms with van der Waals surface area (Å²) in [5.41, 5.74) is 1.72. The van der Waals surface area contributed by atoms with Crippen molar-refractivity contribution in [3.63, 3.8) is 0 Å². The van der Waals surface area contributed by atoms with E-state index in [-0.39, 0.29) is 0 Å². The van der Waals surface area contributed by atoms with Crippen molar-refractivity contribution in [2.45, 2.75) is 0 Å². The summed E-state index contributed by atoms with van der Waals surface area (Å²) in [7, 11) is 0. The molecule has 0 aliphatic heterocycles. The fourth-order valence-electron chi connectivity index (χ4n) is 2.54. The van der Waals surface area contributed by atoms with Gasteiger partial charge in [-0.05, 0) is 24.3 Å². The topological polar surface area (TPSA) is 87.7 Å². The molecular weight excluding hydrogens is 388 g/mol. The molecule has 5 heterocycles. The van der Waals surface area contributed by atoms with E-state index in [1.54, 1.807) is 24.5 Å². The van der Waals surface area contributed by atoms with Crippen LogP contribution in [0.25, 0.3) is 33.4 Å². The van der Waals surface area contributed by atoms with Crippen LogP contribution in [0.3, 0.4) is 0 Å². The van der Waals surface area contributed by atoms with Crippen LogP contribution in [0.1, 0.15) is 0 Å². The van der Waals surface area contributed by atoms with Gasteiger partial charge >= 0.3 is 12.0 Å². The van der Waals surface area contributed by atoms with Crippen molar-refractivity contribution in [1.29, 1.82) is 0 Å². The van der Waals surface area contributed by atoms with Gasteiger partial charge in [-0.25, -0.2) is 9.97 Å². The van der Waals surface area contributed by atoms with Gasteiger partial charge in [-0.1, -0.05) is 36.6 Å². The first-order chi connectivity index (χ1) is 14.3. The van der Waals surface area contributed by atoms with Gasteiger partial charge in [-0.3, -0.25) is 9.13 Å². The van der Waals surface area contributed by atoms with E-state index in [9.17, 15) is 0 Å². The first-order valence-electron chi connectivity index (χ1n) is 8.54. The van der Waals surface area contributed by atoms with E-state index >= 15 is 0 Å². The normalized spacial score (nSPS) is 10.3. The zero-order valence-corrected chi connectivity index (χ0v) is 16.1. The van der Waals surface area contributed by atoms with Gasteiger partial charge in [-0.15, -0.1) is 10.2 Å². The van der Waals surface area contributed by atoms with Crippen LogP contribution >= 0.6 is 11.3 Å². The molecule has 29 heavy (non-hydrogen) atoms. The molecule has 0 amide bonds. The smallest absolute Gasteiger partial charge is 0.306 e. The Morgan fingerprint density at radius 2 is 1.28 bits per heavy atom.